The van der Waals surface area contributed by atoms with Crippen LogP contribution in [0.15, 0.2) is 12.1 Å². The molecule has 1 atom stereocenters. The van der Waals surface area contributed by atoms with Crippen LogP contribution in [-0.2, 0) is 0 Å². The maximum atomic E-state index is 6.49. The summed E-state index contributed by atoms with van der Waals surface area (Å²) >= 11 is 6.49. The predicted octanol–water partition coefficient (Wildman–Crippen LogP) is 4.73. The van der Waals surface area contributed by atoms with Gasteiger partial charge in [-0.15, -0.1) is 0 Å². The van der Waals surface area contributed by atoms with Crippen molar-refractivity contribution in [3.05, 3.63) is 22.7 Å². The largest absolute Gasteiger partial charge is 0.490 e. The van der Waals surface area contributed by atoms with Gasteiger partial charge >= 0.3 is 0 Å². The summed E-state index contributed by atoms with van der Waals surface area (Å²) < 4.78 is 11.5. The molecular weight excluding hydrogens is 286 g/mol. The number of rotatable bonds is 7. The highest BCUT2D eigenvalue weighted by molar-refractivity contribution is 6.31. The van der Waals surface area contributed by atoms with E-state index in [9.17, 15) is 0 Å². The number of unbranched alkanes of at least 4 members (excludes halogenated alkanes) is 1. The molecule has 4 heteroatoms. The molecule has 1 heterocycles. The van der Waals surface area contributed by atoms with E-state index in [0.717, 1.165) is 47.9 Å². The van der Waals surface area contributed by atoms with Crippen LogP contribution in [0.5, 0.6) is 11.5 Å². The highest BCUT2D eigenvalue weighted by Crippen LogP contribution is 2.38. The van der Waals surface area contributed by atoms with Gasteiger partial charge in [0.2, 0.25) is 0 Å². The number of hydrogen-bond acceptors (Lipinski definition) is 3. The van der Waals surface area contributed by atoms with Gasteiger partial charge in [0.1, 0.15) is 0 Å². The summed E-state index contributed by atoms with van der Waals surface area (Å²) in [4.78, 5) is 0. The first-order valence-electron chi connectivity index (χ1n) is 8.08. The molecule has 1 aromatic rings. The molecule has 0 bridgehead atoms. The lowest BCUT2D eigenvalue weighted by Crippen LogP contribution is -2.22. The molecular formula is C17H26ClNO2. The Morgan fingerprint density at radius 3 is 2.52 bits per heavy atom. The van der Waals surface area contributed by atoms with Crippen LogP contribution in [0.4, 0.5) is 0 Å². The zero-order valence-corrected chi connectivity index (χ0v) is 13.8. The SMILES string of the molecule is CCCCC(NCCC)c1cc2c(cc1Cl)OCCCO2. The molecule has 1 unspecified atom stereocenters. The third kappa shape index (κ3) is 4.52. The van der Waals surface area contributed by atoms with Crippen LogP contribution in [-0.4, -0.2) is 19.8 Å². The van der Waals surface area contributed by atoms with Gasteiger partial charge < -0.3 is 14.8 Å². The fraction of sp³-hybridized carbons (Fsp3) is 0.647. The fourth-order valence-corrected chi connectivity index (χ4v) is 2.85. The summed E-state index contributed by atoms with van der Waals surface area (Å²) in [5, 5.41) is 4.37. The van der Waals surface area contributed by atoms with Gasteiger partial charge in [-0.1, -0.05) is 38.3 Å². The first-order chi connectivity index (χ1) is 10.3. The Balaban J connectivity index is 2.23. The van der Waals surface area contributed by atoms with Crippen molar-refractivity contribution in [1.82, 2.24) is 5.32 Å². The van der Waals surface area contributed by atoms with Crippen molar-refractivity contribution in [3.63, 3.8) is 0 Å². The highest BCUT2D eigenvalue weighted by atomic mass is 35.5. The van der Waals surface area contributed by atoms with Crippen LogP contribution >= 0.6 is 11.6 Å². The number of hydrogen-bond donors (Lipinski definition) is 1. The minimum atomic E-state index is 0.287. The normalized spacial score (nSPS) is 15.6. The molecule has 1 aromatic carbocycles. The molecule has 2 rings (SSSR count). The molecule has 3 nitrogen and oxygen atoms in total. The molecule has 1 N–H and O–H groups in total. The van der Waals surface area contributed by atoms with Gasteiger partial charge in [-0.2, -0.15) is 0 Å². The van der Waals surface area contributed by atoms with E-state index in [2.05, 4.69) is 25.2 Å². The number of ether oxygens (including phenoxy) is 2. The molecule has 0 radical (unpaired) electrons. The molecule has 0 aromatic heterocycles. The Morgan fingerprint density at radius 1 is 1.14 bits per heavy atom. The third-order valence-electron chi connectivity index (χ3n) is 3.73. The van der Waals surface area contributed by atoms with Crippen LogP contribution in [0.2, 0.25) is 5.02 Å². The first kappa shape index (κ1) is 16.4. The zero-order chi connectivity index (χ0) is 15.1. The van der Waals surface area contributed by atoms with Gasteiger partial charge in [0.05, 0.1) is 13.2 Å². The quantitative estimate of drug-likeness (QED) is 0.789. The average Bonchev–Trinajstić information content (AvgIpc) is 2.72. The summed E-state index contributed by atoms with van der Waals surface area (Å²) in [5.41, 5.74) is 1.13. The summed E-state index contributed by atoms with van der Waals surface area (Å²) in [6.45, 7) is 6.79. The smallest absolute Gasteiger partial charge is 0.162 e. The van der Waals surface area contributed by atoms with Gasteiger partial charge in [0.25, 0.3) is 0 Å². The topological polar surface area (TPSA) is 30.5 Å². The average molecular weight is 312 g/mol. The molecule has 1 aliphatic rings. The van der Waals surface area contributed by atoms with E-state index in [1.165, 1.54) is 12.8 Å². The van der Waals surface area contributed by atoms with Gasteiger partial charge in [-0.3, -0.25) is 0 Å². The van der Waals surface area contributed by atoms with Crippen molar-refractivity contribution in [3.8, 4) is 11.5 Å². The van der Waals surface area contributed by atoms with Crippen molar-refractivity contribution >= 4 is 11.6 Å². The summed E-state index contributed by atoms with van der Waals surface area (Å²) in [5.74, 6) is 1.60. The lowest BCUT2D eigenvalue weighted by atomic mass is 10.00. The summed E-state index contributed by atoms with van der Waals surface area (Å²) in [7, 11) is 0. The van der Waals surface area contributed by atoms with E-state index < -0.39 is 0 Å². The Labute approximate surface area is 133 Å². The van der Waals surface area contributed by atoms with Crippen LogP contribution < -0.4 is 14.8 Å². The Kier molecular flexibility index (Phi) is 6.65. The second-order valence-electron chi connectivity index (χ2n) is 5.52. The summed E-state index contributed by atoms with van der Waals surface area (Å²) in [6, 6.07) is 4.25. The zero-order valence-electron chi connectivity index (χ0n) is 13.1. The number of nitrogens with one attached hydrogen (secondary N) is 1. The highest BCUT2D eigenvalue weighted by Gasteiger charge is 2.19. The Bertz CT molecular complexity index is 443. The molecule has 0 saturated carbocycles. The van der Waals surface area contributed by atoms with Crippen LogP contribution in [0.1, 0.15) is 57.6 Å². The van der Waals surface area contributed by atoms with E-state index in [-0.39, 0.29) is 6.04 Å². The molecule has 0 spiro atoms. The lowest BCUT2D eigenvalue weighted by molar-refractivity contribution is 0.297. The number of fused-ring (bicyclic) bond motifs is 1. The standard InChI is InChI=1S/C17H26ClNO2/c1-3-5-7-15(19-8-4-2)13-11-16-17(12-14(13)18)21-10-6-9-20-16/h11-12,15,19H,3-10H2,1-2H3. The van der Waals surface area contributed by atoms with Crippen LogP contribution in [0.25, 0.3) is 0 Å². The van der Waals surface area contributed by atoms with Gasteiger partial charge in [0, 0.05) is 23.6 Å². The van der Waals surface area contributed by atoms with E-state index >= 15 is 0 Å². The maximum Gasteiger partial charge on any atom is 0.162 e. The second-order valence-corrected chi connectivity index (χ2v) is 5.93. The van der Waals surface area contributed by atoms with Gasteiger partial charge in [0.15, 0.2) is 11.5 Å². The molecule has 0 amide bonds. The number of benzene rings is 1. The van der Waals surface area contributed by atoms with Crippen molar-refractivity contribution in [2.45, 2.75) is 52.0 Å². The van der Waals surface area contributed by atoms with Crippen molar-refractivity contribution in [2.75, 3.05) is 19.8 Å². The fourth-order valence-electron chi connectivity index (χ4n) is 2.56. The number of halogens is 1. The predicted molar refractivity (Wildman–Crippen MR) is 87.6 cm³/mol. The van der Waals surface area contributed by atoms with Crippen molar-refractivity contribution in [2.24, 2.45) is 0 Å². The Hall–Kier alpha value is -0.930. The molecule has 1 aliphatic heterocycles. The van der Waals surface area contributed by atoms with Crippen molar-refractivity contribution in [1.29, 1.82) is 0 Å². The van der Waals surface area contributed by atoms with E-state index in [1.807, 2.05) is 6.07 Å². The van der Waals surface area contributed by atoms with Crippen LogP contribution in [0.3, 0.4) is 0 Å². The molecule has 118 valence electrons. The van der Waals surface area contributed by atoms with Crippen molar-refractivity contribution < 1.29 is 9.47 Å². The van der Waals surface area contributed by atoms with Crippen LogP contribution in [0, 0.1) is 0 Å². The van der Waals surface area contributed by atoms with Gasteiger partial charge in [-0.25, -0.2) is 0 Å². The minimum Gasteiger partial charge on any atom is -0.490 e. The lowest BCUT2D eigenvalue weighted by Gasteiger charge is -2.21. The van der Waals surface area contributed by atoms with E-state index in [0.29, 0.717) is 13.2 Å². The Morgan fingerprint density at radius 2 is 1.86 bits per heavy atom. The minimum absolute atomic E-state index is 0.287. The molecule has 0 fully saturated rings. The van der Waals surface area contributed by atoms with Gasteiger partial charge in [-0.05, 0) is 31.0 Å². The molecule has 0 aliphatic carbocycles. The monoisotopic (exact) mass is 311 g/mol. The maximum absolute atomic E-state index is 6.49. The first-order valence-corrected chi connectivity index (χ1v) is 8.46. The third-order valence-corrected chi connectivity index (χ3v) is 4.06. The molecule has 21 heavy (non-hydrogen) atoms. The van der Waals surface area contributed by atoms with E-state index in [1.54, 1.807) is 0 Å². The second kappa shape index (κ2) is 8.50. The van der Waals surface area contributed by atoms with E-state index in [4.69, 9.17) is 21.1 Å². The molecule has 0 saturated heterocycles. The summed E-state index contributed by atoms with van der Waals surface area (Å²) in [6.07, 6.45) is 5.49.